The molecule has 2 N–H and O–H groups in total. The molecular weight excluding hydrogens is 536 g/mol. The van der Waals surface area contributed by atoms with E-state index in [1.54, 1.807) is 53.8 Å². The second-order valence-electron chi connectivity index (χ2n) is 9.05. The van der Waals surface area contributed by atoms with Crippen molar-refractivity contribution in [1.29, 1.82) is 0 Å². The minimum atomic E-state index is -0.491. The van der Waals surface area contributed by atoms with Gasteiger partial charge < -0.3 is 23.8 Å². The Morgan fingerprint density at radius 3 is 2.38 bits per heavy atom. The first-order valence-corrected chi connectivity index (χ1v) is 13.5. The number of piperidine rings is 1. The Kier molecular flexibility index (Phi) is 9.43. The largest absolute Gasteiger partial charge is 0.497 e. The molecule has 1 aliphatic rings. The molecule has 2 aromatic carbocycles. The topological polar surface area (TPSA) is 128 Å². The second-order valence-corrected chi connectivity index (χ2v) is 9.94. The molecule has 2 heterocycles. The highest BCUT2D eigenvalue weighted by Crippen LogP contribution is 2.40. The van der Waals surface area contributed by atoms with Crippen molar-refractivity contribution in [1.82, 2.24) is 20.7 Å². The number of nitrogens with one attached hydrogen (secondary N) is 2. The van der Waals surface area contributed by atoms with E-state index < -0.39 is 5.91 Å². The zero-order valence-corrected chi connectivity index (χ0v) is 23.6. The third kappa shape index (κ3) is 6.45. The van der Waals surface area contributed by atoms with Crippen LogP contribution >= 0.6 is 11.3 Å². The highest BCUT2D eigenvalue weighted by molar-refractivity contribution is 7.09. The molecule has 3 aromatic rings. The van der Waals surface area contributed by atoms with E-state index >= 15 is 0 Å². The SMILES string of the molecule is COc1cccc(CC(=O)NNC(=O)c2csc(C3CCN(C(=O)c4ccc(OC)c(OC)c4OC)CC3)n2)c1. The molecule has 11 nitrogen and oxygen atoms in total. The fourth-order valence-corrected chi connectivity index (χ4v) is 5.52. The maximum atomic E-state index is 13.3. The van der Waals surface area contributed by atoms with Crippen molar-refractivity contribution in [2.24, 2.45) is 0 Å². The van der Waals surface area contributed by atoms with Crippen LogP contribution in [0, 0.1) is 0 Å². The molecular formula is C28H32N4O7S. The number of likely N-dealkylation sites (tertiary alicyclic amines) is 1. The molecule has 3 amide bonds. The molecule has 1 fully saturated rings. The van der Waals surface area contributed by atoms with Crippen molar-refractivity contribution in [3.05, 3.63) is 63.6 Å². The summed E-state index contributed by atoms with van der Waals surface area (Å²) in [6, 6.07) is 10.5. The van der Waals surface area contributed by atoms with Gasteiger partial charge >= 0.3 is 0 Å². The number of hydrazine groups is 1. The summed E-state index contributed by atoms with van der Waals surface area (Å²) in [5.74, 6) is 0.950. The van der Waals surface area contributed by atoms with Gasteiger partial charge in [-0.15, -0.1) is 11.3 Å². The van der Waals surface area contributed by atoms with Crippen molar-refractivity contribution in [3.63, 3.8) is 0 Å². The molecule has 1 saturated heterocycles. The predicted octanol–water partition coefficient (Wildman–Crippen LogP) is 3.20. The molecule has 0 atom stereocenters. The summed E-state index contributed by atoms with van der Waals surface area (Å²) in [6.45, 7) is 1.06. The number of ether oxygens (including phenoxy) is 4. The Hall–Kier alpha value is -4.32. The number of nitrogens with zero attached hydrogens (tertiary/aromatic N) is 2. The van der Waals surface area contributed by atoms with Crippen LogP contribution in [0.2, 0.25) is 0 Å². The normalized spacial score (nSPS) is 13.3. The molecule has 1 aliphatic heterocycles. The maximum Gasteiger partial charge on any atom is 0.289 e. The van der Waals surface area contributed by atoms with E-state index in [2.05, 4.69) is 15.8 Å². The van der Waals surface area contributed by atoms with Crippen molar-refractivity contribution in [3.8, 4) is 23.0 Å². The Morgan fingerprint density at radius 1 is 0.950 bits per heavy atom. The first-order chi connectivity index (χ1) is 19.4. The van der Waals surface area contributed by atoms with Gasteiger partial charge in [-0.1, -0.05) is 12.1 Å². The lowest BCUT2D eigenvalue weighted by Gasteiger charge is -2.31. The number of carbonyl (C=O) groups excluding carboxylic acids is 3. The monoisotopic (exact) mass is 568 g/mol. The molecule has 0 bridgehead atoms. The van der Waals surface area contributed by atoms with Crippen LogP contribution in [0.4, 0.5) is 0 Å². The third-order valence-electron chi connectivity index (χ3n) is 6.63. The lowest BCUT2D eigenvalue weighted by molar-refractivity contribution is -0.121. The highest BCUT2D eigenvalue weighted by Gasteiger charge is 2.30. The first kappa shape index (κ1) is 28.7. The predicted molar refractivity (Wildman–Crippen MR) is 148 cm³/mol. The maximum absolute atomic E-state index is 13.3. The van der Waals surface area contributed by atoms with Gasteiger partial charge in [-0.3, -0.25) is 25.2 Å². The van der Waals surface area contributed by atoms with E-state index in [-0.39, 0.29) is 29.8 Å². The van der Waals surface area contributed by atoms with E-state index in [1.807, 2.05) is 0 Å². The number of methoxy groups -OCH3 is 4. The van der Waals surface area contributed by atoms with Crippen molar-refractivity contribution >= 4 is 29.1 Å². The Morgan fingerprint density at radius 2 is 1.70 bits per heavy atom. The molecule has 212 valence electrons. The van der Waals surface area contributed by atoms with Gasteiger partial charge in [0.15, 0.2) is 11.5 Å². The number of carbonyl (C=O) groups is 3. The second kappa shape index (κ2) is 13.2. The van der Waals surface area contributed by atoms with Crippen LogP contribution in [0.1, 0.15) is 50.2 Å². The average molecular weight is 569 g/mol. The Balaban J connectivity index is 1.30. The van der Waals surface area contributed by atoms with Crippen LogP contribution in [0.25, 0.3) is 0 Å². The summed E-state index contributed by atoms with van der Waals surface area (Å²) in [5, 5.41) is 2.49. The number of hydrogen-bond acceptors (Lipinski definition) is 9. The summed E-state index contributed by atoms with van der Waals surface area (Å²) in [5.41, 5.74) is 6.25. The number of thiazole rings is 1. The molecule has 0 unspecified atom stereocenters. The summed E-state index contributed by atoms with van der Waals surface area (Å²) in [7, 11) is 6.07. The van der Waals surface area contributed by atoms with E-state index in [9.17, 15) is 14.4 Å². The van der Waals surface area contributed by atoms with Crippen LogP contribution in [0.5, 0.6) is 23.0 Å². The van der Waals surface area contributed by atoms with Gasteiger partial charge in [-0.05, 0) is 42.7 Å². The lowest BCUT2D eigenvalue weighted by atomic mass is 9.97. The molecule has 0 aliphatic carbocycles. The number of rotatable bonds is 9. The molecule has 1 aromatic heterocycles. The van der Waals surface area contributed by atoms with Gasteiger partial charge in [0.05, 0.1) is 45.4 Å². The van der Waals surface area contributed by atoms with Gasteiger partial charge in [0.1, 0.15) is 11.4 Å². The van der Waals surface area contributed by atoms with Crippen LogP contribution in [-0.4, -0.2) is 69.1 Å². The minimum Gasteiger partial charge on any atom is -0.497 e. The number of amides is 3. The molecule has 0 spiro atoms. The molecule has 0 radical (unpaired) electrons. The van der Waals surface area contributed by atoms with Crippen molar-refractivity contribution in [2.45, 2.75) is 25.2 Å². The first-order valence-electron chi connectivity index (χ1n) is 12.6. The van der Waals surface area contributed by atoms with Gasteiger partial charge in [0.25, 0.3) is 11.8 Å². The van der Waals surface area contributed by atoms with Crippen LogP contribution in [0.3, 0.4) is 0 Å². The van der Waals surface area contributed by atoms with E-state index in [1.165, 1.54) is 32.7 Å². The number of aromatic nitrogens is 1. The van der Waals surface area contributed by atoms with Gasteiger partial charge in [0, 0.05) is 24.4 Å². The van der Waals surface area contributed by atoms with Gasteiger partial charge in [-0.25, -0.2) is 4.98 Å². The molecule has 40 heavy (non-hydrogen) atoms. The number of benzene rings is 2. The highest BCUT2D eigenvalue weighted by atomic mass is 32.1. The van der Waals surface area contributed by atoms with Gasteiger partial charge in [0.2, 0.25) is 11.7 Å². The van der Waals surface area contributed by atoms with Gasteiger partial charge in [-0.2, -0.15) is 0 Å². The molecule has 12 heteroatoms. The van der Waals surface area contributed by atoms with Crippen molar-refractivity contribution in [2.75, 3.05) is 41.5 Å². The fourth-order valence-electron chi connectivity index (χ4n) is 4.55. The zero-order chi connectivity index (χ0) is 28.6. The van der Waals surface area contributed by atoms with E-state index in [0.717, 1.165) is 10.6 Å². The van der Waals surface area contributed by atoms with E-state index in [0.29, 0.717) is 54.5 Å². The zero-order valence-electron chi connectivity index (χ0n) is 22.8. The fraction of sp³-hybridized carbons (Fsp3) is 0.357. The van der Waals surface area contributed by atoms with E-state index in [4.69, 9.17) is 18.9 Å². The standard InChI is InChI=1S/C28H32N4O7S/c1-36-19-7-5-6-17(14-19)15-23(33)30-31-26(34)21-16-40-27(29-21)18-10-12-32(13-11-18)28(35)20-8-9-22(37-2)25(39-4)24(20)38-3/h5-9,14,16,18H,10-13,15H2,1-4H3,(H,30,33)(H,31,34). The van der Waals surface area contributed by atoms with Crippen LogP contribution in [0.15, 0.2) is 41.8 Å². The van der Waals surface area contributed by atoms with Crippen molar-refractivity contribution < 1.29 is 33.3 Å². The average Bonchev–Trinajstić information content (AvgIpc) is 3.49. The third-order valence-corrected chi connectivity index (χ3v) is 7.64. The van der Waals surface area contributed by atoms with Crippen LogP contribution in [-0.2, 0) is 11.2 Å². The lowest BCUT2D eigenvalue weighted by Crippen LogP contribution is -2.42. The Labute approximate surface area is 236 Å². The molecule has 4 rings (SSSR count). The summed E-state index contributed by atoms with van der Waals surface area (Å²) in [4.78, 5) is 44.4. The molecule has 0 saturated carbocycles. The quantitative estimate of drug-likeness (QED) is 0.377. The summed E-state index contributed by atoms with van der Waals surface area (Å²) < 4.78 is 21.4. The Bertz CT molecular complexity index is 1370. The smallest absolute Gasteiger partial charge is 0.289 e. The summed E-state index contributed by atoms with van der Waals surface area (Å²) in [6.07, 6.45) is 1.49. The minimum absolute atomic E-state index is 0.0896. The van der Waals surface area contributed by atoms with Crippen LogP contribution < -0.4 is 29.8 Å². The summed E-state index contributed by atoms with van der Waals surface area (Å²) >= 11 is 1.39. The number of hydrogen-bond donors (Lipinski definition) is 2.